The van der Waals surface area contributed by atoms with E-state index in [1.807, 2.05) is 30.3 Å². The number of hydrogen-bond donors (Lipinski definition) is 1. The Kier molecular flexibility index (Phi) is 3.57. The topological polar surface area (TPSA) is 52.3 Å². The summed E-state index contributed by atoms with van der Waals surface area (Å²) >= 11 is 0. The zero-order valence-electron chi connectivity index (χ0n) is 9.26. The molecule has 1 saturated carbocycles. The molecular formula is C13H17NO2. The van der Waals surface area contributed by atoms with E-state index in [0.29, 0.717) is 6.42 Å². The maximum atomic E-state index is 11.6. The largest absolute Gasteiger partial charge is 0.462 e. The predicted molar refractivity (Wildman–Crippen MR) is 61.9 cm³/mol. The van der Waals surface area contributed by atoms with Gasteiger partial charge in [-0.15, -0.1) is 0 Å². The van der Waals surface area contributed by atoms with Crippen molar-refractivity contribution < 1.29 is 9.53 Å². The smallest absolute Gasteiger partial charge is 0.310 e. The number of hydrogen-bond acceptors (Lipinski definition) is 3. The van der Waals surface area contributed by atoms with Crippen molar-refractivity contribution in [1.82, 2.24) is 0 Å². The van der Waals surface area contributed by atoms with Crippen LogP contribution in [0.5, 0.6) is 0 Å². The van der Waals surface area contributed by atoms with E-state index in [-0.39, 0.29) is 18.1 Å². The molecule has 0 aromatic heterocycles. The zero-order chi connectivity index (χ0) is 11.4. The van der Waals surface area contributed by atoms with Gasteiger partial charge in [0, 0.05) is 6.04 Å². The Bertz CT molecular complexity index is 350. The Morgan fingerprint density at radius 2 is 2.06 bits per heavy atom. The standard InChI is InChI=1S/C13H17NO2/c14-11-6-7-12(9-11)16-13(15)8-10-4-2-1-3-5-10/h1-5,11-12H,6-9,14H2. The third-order valence-corrected chi connectivity index (χ3v) is 2.91. The van der Waals surface area contributed by atoms with Gasteiger partial charge in [-0.2, -0.15) is 0 Å². The molecule has 2 rings (SSSR count). The molecule has 0 amide bonds. The van der Waals surface area contributed by atoms with Crippen molar-refractivity contribution in [3.8, 4) is 0 Å². The quantitative estimate of drug-likeness (QED) is 0.786. The highest BCUT2D eigenvalue weighted by atomic mass is 16.5. The number of carbonyl (C=O) groups excluding carboxylic acids is 1. The molecule has 1 aliphatic rings. The molecular weight excluding hydrogens is 202 g/mol. The van der Waals surface area contributed by atoms with E-state index < -0.39 is 0 Å². The van der Waals surface area contributed by atoms with Crippen molar-refractivity contribution in [2.24, 2.45) is 5.73 Å². The van der Waals surface area contributed by atoms with Crippen molar-refractivity contribution in [3.05, 3.63) is 35.9 Å². The molecule has 1 aromatic carbocycles. The lowest BCUT2D eigenvalue weighted by Crippen LogP contribution is -2.20. The van der Waals surface area contributed by atoms with Crippen LogP contribution in [0.1, 0.15) is 24.8 Å². The molecule has 0 aliphatic heterocycles. The summed E-state index contributed by atoms with van der Waals surface area (Å²) in [6.07, 6.45) is 3.06. The Labute approximate surface area is 95.6 Å². The van der Waals surface area contributed by atoms with Gasteiger partial charge in [-0.1, -0.05) is 30.3 Å². The SMILES string of the molecule is NC1CCC(OC(=O)Cc2ccccc2)C1. The maximum Gasteiger partial charge on any atom is 0.310 e. The highest BCUT2D eigenvalue weighted by Crippen LogP contribution is 2.20. The van der Waals surface area contributed by atoms with E-state index in [2.05, 4.69) is 0 Å². The van der Waals surface area contributed by atoms with Crippen LogP contribution in [-0.4, -0.2) is 18.1 Å². The second-order valence-electron chi connectivity index (χ2n) is 4.35. The van der Waals surface area contributed by atoms with Gasteiger partial charge in [-0.05, 0) is 24.8 Å². The van der Waals surface area contributed by atoms with Crippen LogP contribution in [0.15, 0.2) is 30.3 Å². The molecule has 2 atom stereocenters. The van der Waals surface area contributed by atoms with Crippen LogP contribution >= 0.6 is 0 Å². The van der Waals surface area contributed by atoms with Crippen LogP contribution in [0.2, 0.25) is 0 Å². The summed E-state index contributed by atoms with van der Waals surface area (Å²) in [7, 11) is 0. The maximum absolute atomic E-state index is 11.6. The van der Waals surface area contributed by atoms with Crippen molar-refractivity contribution in [2.45, 2.75) is 37.8 Å². The van der Waals surface area contributed by atoms with Crippen LogP contribution in [0.3, 0.4) is 0 Å². The van der Waals surface area contributed by atoms with Gasteiger partial charge < -0.3 is 10.5 Å². The molecule has 0 radical (unpaired) electrons. The molecule has 2 N–H and O–H groups in total. The van der Waals surface area contributed by atoms with E-state index in [1.54, 1.807) is 0 Å². The summed E-state index contributed by atoms with van der Waals surface area (Å²) in [5.41, 5.74) is 6.76. The summed E-state index contributed by atoms with van der Waals surface area (Å²) in [5, 5.41) is 0. The molecule has 16 heavy (non-hydrogen) atoms. The molecule has 1 aliphatic carbocycles. The monoisotopic (exact) mass is 219 g/mol. The fraction of sp³-hybridized carbons (Fsp3) is 0.462. The highest BCUT2D eigenvalue weighted by molar-refractivity contribution is 5.72. The molecule has 0 spiro atoms. The predicted octanol–water partition coefficient (Wildman–Crippen LogP) is 1.65. The van der Waals surface area contributed by atoms with Crippen LogP contribution in [-0.2, 0) is 16.0 Å². The Balaban J connectivity index is 1.81. The normalized spacial score (nSPS) is 24.3. The van der Waals surface area contributed by atoms with Gasteiger partial charge in [-0.25, -0.2) is 0 Å². The lowest BCUT2D eigenvalue weighted by atomic mass is 10.1. The zero-order valence-corrected chi connectivity index (χ0v) is 9.26. The van der Waals surface area contributed by atoms with E-state index in [4.69, 9.17) is 10.5 Å². The third kappa shape index (κ3) is 3.07. The summed E-state index contributed by atoms with van der Waals surface area (Å²) in [5.74, 6) is -0.148. The molecule has 3 nitrogen and oxygen atoms in total. The summed E-state index contributed by atoms with van der Waals surface area (Å²) in [6.45, 7) is 0. The number of ether oxygens (including phenoxy) is 1. The van der Waals surface area contributed by atoms with Gasteiger partial charge >= 0.3 is 5.97 Å². The summed E-state index contributed by atoms with van der Waals surface area (Å²) in [4.78, 5) is 11.6. The molecule has 0 saturated heterocycles. The van der Waals surface area contributed by atoms with Crippen molar-refractivity contribution in [2.75, 3.05) is 0 Å². The molecule has 3 heteroatoms. The average molecular weight is 219 g/mol. The van der Waals surface area contributed by atoms with Crippen molar-refractivity contribution in [3.63, 3.8) is 0 Å². The van der Waals surface area contributed by atoms with E-state index in [0.717, 1.165) is 24.8 Å². The number of benzene rings is 1. The fourth-order valence-electron chi connectivity index (χ4n) is 2.07. The lowest BCUT2D eigenvalue weighted by Gasteiger charge is -2.11. The highest BCUT2D eigenvalue weighted by Gasteiger charge is 2.24. The minimum Gasteiger partial charge on any atom is -0.462 e. The number of nitrogens with two attached hydrogens (primary N) is 1. The first-order chi connectivity index (χ1) is 7.74. The summed E-state index contributed by atoms with van der Waals surface area (Å²) < 4.78 is 5.37. The van der Waals surface area contributed by atoms with Crippen LogP contribution < -0.4 is 5.73 Å². The van der Waals surface area contributed by atoms with E-state index in [9.17, 15) is 4.79 Å². The number of carbonyl (C=O) groups is 1. The first-order valence-corrected chi connectivity index (χ1v) is 5.73. The van der Waals surface area contributed by atoms with Gasteiger partial charge in [-0.3, -0.25) is 4.79 Å². The van der Waals surface area contributed by atoms with Gasteiger partial charge in [0.25, 0.3) is 0 Å². The Morgan fingerprint density at radius 3 is 2.69 bits per heavy atom. The molecule has 86 valence electrons. The lowest BCUT2D eigenvalue weighted by molar-refractivity contribution is -0.147. The Morgan fingerprint density at radius 1 is 1.31 bits per heavy atom. The second-order valence-corrected chi connectivity index (χ2v) is 4.35. The molecule has 2 unspecified atom stereocenters. The number of rotatable bonds is 3. The first-order valence-electron chi connectivity index (χ1n) is 5.73. The van der Waals surface area contributed by atoms with Crippen LogP contribution in [0, 0.1) is 0 Å². The van der Waals surface area contributed by atoms with E-state index in [1.165, 1.54) is 0 Å². The van der Waals surface area contributed by atoms with Gasteiger partial charge in [0.05, 0.1) is 6.42 Å². The van der Waals surface area contributed by atoms with Crippen LogP contribution in [0.4, 0.5) is 0 Å². The van der Waals surface area contributed by atoms with Crippen molar-refractivity contribution >= 4 is 5.97 Å². The minimum absolute atomic E-state index is 0.0335. The molecule has 1 aromatic rings. The van der Waals surface area contributed by atoms with Gasteiger partial charge in [0.1, 0.15) is 6.10 Å². The van der Waals surface area contributed by atoms with Gasteiger partial charge in [0.2, 0.25) is 0 Å². The molecule has 0 bridgehead atoms. The van der Waals surface area contributed by atoms with Crippen LogP contribution in [0.25, 0.3) is 0 Å². The third-order valence-electron chi connectivity index (χ3n) is 2.91. The average Bonchev–Trinajstić information content (AvgIpc) is 2.65. The second kappa shape index (κ2) is 5.12. The first kappa shape index (κ1) is 11.1. The number of esters is 1. The molecule has 1 fully saturated rings. The summed E-state index contributed by atoms with van der Waals surface area (Å²) in [6, 6.07) is 9.85. The fourth-order valence-corrected chi connectivity index (χ4v) is 2.07. The minimum atomic E-state index is -0.148. The van der Waals surface area contributed by atoms with Gasteiger partial charge in [0.15, 0.2) is 0 Å². The Hall–Kier alpha value is -1.35. The van der Waals surface area contributed by atoms with E-state index >= 15 is 0 Å². The molecule has 0 heterocycles. The van der Waals surface area contributed by atoms with Crippen molar-refractivity contribution in [1.29, 1.82) is 0 Å².